The van der Waals surface area contributed by atoms with E-state index in [1.165, 1.54) is 10.7 Å². The van der Waals surface area contributed by atoms with Gasteiger partial charge in [0.15, 0.2) is 0 Å². The van der Waals surface area contributed by atoms with E-state index in [1.54, 1.807) is 42.7 Å². The summed E-state index contributed by atoms with van der Waals surface area (Å²) in [6, 6.07) is 9.68. The number of halogens is 1. The first-order chi connectivity index (χ1) is 13.9. The van der Waals surface area contributed by atoms with E-state index in [0.717, 1.165) is 0 Å². The van der Waals surface area contributed by atoms with Crippen LogP contribution in [0.5, 0.6) is 0 Å². The van der Waals surface area contributed by atoms with Gasteiger partial charge in [0.1, 0.15) is 17.4 Å². The van der Waals surface area contributed by atoms with Crippen LogP contribution < -0.4 is 5.56 Å². The van der Waals surface area contributed by atoms with Gasteiger partial charge in [-0.25, -0.2) is 9.48 Å². The number of aliphatic hydroxyl groups is 1. The van der Waals surface area contributed by atoms with Crippen LogP contribution in [0.2, 0.25) is 5.02 Å². The molecule has 4 aromatic rings. The zero-order chi connectivity index (χ0) is 20.5. The molecule has 0 saturated carbocycles. The van der Waals surface area contributed by atoms with Gasteiger partial charge in [-0.1, -0.05) is 22.9 Å². The van der Waals surface area contributed by atoms with E-state index in [2.05, 4.69) is 20.3 Å². The zero-order valence-electron chi connectivity index (χ0n) is 14.8. The second-order valence-electron chi connectivity index (χ2n) is 6.34. The fourth-order valence-electron chi connectivity index (χ4n) is 3.02. The fourth-order valence-corrected chi connectivity index (χ4v) is 3.27. The van der Waals surface area contributed by atoms with Crippen molar-refractivity contribution >= 4 is 28.5 Å². The normalized spacial score (nSPS) is 12.2. The number of hydrogen-bond donors (Lipinski definition) is 3. The maximum Gasteiger partial charge on any atom is 0.341 e. The van der Waals surface area contributed by atoms with Crippen molar-refractivity contribution in [3.63, 3.8) is 0 Å². The first-order valence-electron chi connectivity index (χ1n) is 8.50. The Morgan fingerprint density at radius 3 is 2.79 bits per heavy atom. The molecule has 146 valence electrons. The van der Waals surface area contributed by atoms with Crippen LogP contribution >= 0.6 is 11.6 Å². The minimum Gasteiger partial charge on any atom is -0.477 e. The maximum atomic E-state index is 12.1. The van der Waals surface area contributed by atoms with Crippen molar-refractivity contribution in [2.75, 3.05) is 0 Å². The van der Waals surface area contributed by atoms with E-state index >= 15 is 0 Å². The Bertz CT molecular complexity index is 1270. The monoisotopic (exact) mass is 411 g/mol. The van der Waals surface area contributed by atoms with Crippen LogP contribution in [0.4, 0.5) is 0 Å². The molecule has 0 bridgehead atoms. The quantitative estimate of drug-likeness (QED) is 0.457. The van der Waals surface area contributed by atoms with Gasteiger partial charge in [0.2, 0.25) is 0 Å². The highest BCUT2D eigenvalue weighted by Gasteiger charge is 2.17. The van der Waals surface area contributed by atoms with Crippen LogP contribution in [0.1, 0.15) is 33.4 Å². The minimum atomic E-state index is -1.32. The second-order valence-corrected chi connectivity index (χ2v) is 6.78. The number of carboxylic acid groups (broad SMARTS) is 1. The van der Waals surface area contributed by atoms with Crippen LogP contribution in [0, 0.1) is 0 Å². The number of rotatable bonds is 5. The third-order valence-corrected chi connectivity index (χ3v) is 4.58. The highest BCUT2D eigenvalue weighted by molar-refractivity contribution is 6.31. The van der Waals surface area contributed by atoms with Crippen LogP contribution in [0.15, 0.2) is 53.6 Å². The average Bonchev–Trinajstić information content (AvgIpc) is 3.16. The first-order valence-corrected chi connectivity index (χ1v) is 8.88. The van der Waals surface area contributed by atoms with Crippen molar-refractivity contribution in [1.82, 2.24) is 25.0 Å². The Morgan fingerprint density at radius 2 is 2.07 bits per heavy atom. The lowest BCUT2D eigenvalue weighted by atomic mass is 10.1. The number of aliphatic hydroxyl groups excluding tert-OH is 1. The molecule has 0 saturated heterocycles. The molecule has 0 radical (unpaired) electrons. The maximum absolute atomic E-state index is 12.1. The van der Waals surface area contributed by atoms with E-state index in [4.69, 9.17) is 16.7 Å². The molecule has 1 unspecified atom stereocenters. The van der Waals surface area contributed by atoms with Crippen molar-refractivity contribution in [3.05, 3.63) is 86.7 Å². The molecule has 3 N–H and O–H groups in total. The summed E-state index contributed by atoms with van der Waals surface area (Å²) in [6.45, 7) is 0.196. The fraction of sp³-hybridized carbons (Fsp3) is 0.105. The first kappa shape index (κ1) is 18.8. The number of aromatic amines is 1. The largest absolute Gasteiger partial charge is 0.477 e. The summed E-state index contributed by atoms with van der Waals surface area (Å²) in [5.74, 6) is -1.32. The Hall–Kier alpha value is -3.56. The molecular formula is C19H14ClN5O4. The summed E-state index contributed by atoms with van der Waals surface area (Å²) in [5.41, 5.74) is 0.748. The van der Waals surface area contributed by atoms with E-state index < -0.39 is 17.6 Å². The van der Waals surface area contributed by atoms with E-state index in [9.17, 15) is 14.7 Å². The number of nitrogens with zero attached hydrogens (tertiary/aromatic N) is 4. The molecule has 0 aliphatic carbocycles. The molecule has 1 aromatic carbocycles. The van der Waals surface area contributed by atoms with Crippen molar-refractivity contribution in [2.24, 2.45) is 0 Å². The molecule has 0 amide bonds. The van der Waals surface area contributed by atoms with Crippen LogP contribution in [0.3, 0.4) is 0 Å². The molecule has 0 fully saturated rings. The number of carbonyl (C=O) groups is 1. The standard InChI is InChI=1S/C19H14ClN5O4/c20-12-5-10-7-13(19(28)29)18(27)22-16(10)11(6-12)8-25-9-15(23-24-25)17(26)14-3-1-2-4-21-14/h1-7,9,17,26H,8H2,(H,22,27)(H,28,29). The summed E-state index contributed by atoms with van der Waals surface area (Å²) in [5, 5.41) is 28.4. The van der Waals surface area contributed by atoms with Gasteiger partial charge < -0.3 is 15.2 Å². The smallest absolute Gasteiger partial charge is 0.341 e. The Morgan fingerprint density at radius 1 is 1.24 bits per heavy atom. The van der Waals surface area contributed by atoms with E-state index in [1.807, 2.05) is 0 Å². The van der Waals surface area contributed by atoms with Gasteiger partial charge in [-0.05, 0) is 35.9 Å². The van der Waals surface area contributed by atoms with Gasteiger partial charge >= 0.3 is 5.97 Å². The third kappa shape index (κ3) is 3.73. The molecule has 0 aliphatic heterocycles. The number of fused-ring (bicyclic) bond motifs is 1. The predicted octanol–water partition coefficient (Wildman–Crippen LogP) is 2.00. The topological polar surface area (TPSA) is 134 Å². The number of aromatic carboxylic acids is 1. The molecule has 4 rings (SSSR count). The second kappa shape index (κ2) is 7.46. The lowest BCUT2D eigenvalue weighted by molar-refractivity contribution is 0.0695. The number of pyridine rings is 2. The molecule has 3 aromatic heterocycles. The number of benzene rings is 1. The van der Waals surface area contributed by atoms with E-state index in [0.29, 0.717) is 32.9 Å². The SMILES string of the molecule is O=C(O)c1cc2cc(Cl)cc(Cn3cc(C(O)c4ccccn4)nn3)c2[nH]c1=O. The predicted molar refractivity (Wildman–Crippen MR) is 104 cm³/mol. The Labute approximate surface area is 168 Å². The molecule has 0 aliphatic rings. The highest BCUT2D eigenvalue weighted by Crippen LogP contribution is 2.24. The number of aromatic nitrogens is 5. The lowest BCUT2D eigenvalue weighted by Gasteiger charge is -2.08. The summed E-state index contributed by atoms with van der Waals surface area (Å²) in [7, 11) is 0. The van der Waals surface area contributed by atoms with Gasteiger partial charge in [0.25, 0.3) is 5.56 Å². The number of H-pyrrole nitrogens is 1. The van der Waals surface area contributed by atoms with Crippen molar-refractivity contribution < 1.29 is 15.0 Å². The number of hydrogen-bond acceptors (Lipinski definition) is 6. The summed E-state index contributed by atoms with van der Waals surface area (Å²) >= 11 is 6.16. The molecule has 9 nitrogen and oxygen atoms in total. The van der Waals surface area contributed by atoms with Gasteiger partial charge in [0, 0.05) is 16.6 Å². The number of carboxylic acids is 1. The van der Waals surface area contributed by atoms with Crippen LogP contribution in [0.25, 0.3) is 10.9 Å². The van der Waals surface area contributed by atoms with Crippen molar-refractivity contribution in [3.8, 4) is 0 Å². The zero-order valence-corrected chi connectivity index (χ0v) is 15.5. The van der Waals surface area contributed by atoms with Gasteiger partial charge in [-0.2, -0.15) is 0 Å². The van der Waals surface area contributed by atoms with E-state index in [-0.39, 0.29) is 12.1 Å². The van der Waals surface area contributed by atoms with Crippen molar-refractivity contribution in [2.45, 2.75) is 12.6 Å². The van der Waals surface area contributed by atoms with Gasteiger partial charge in [-0.15, -0.1) is 5.10 Å². The highest BCUT2D eigenvalue weighted by atomic mass is 35.5. The summed E-state index contributed by atoms with van der Waals surface area (Å²) < 4.78 is 1.48. The van der Waals surface area contributed by atoms with Crippen LogP contribution in [-0.2, 0) is 6.54 Å². The molecule has 29 heavy (non-hydrogen) atoms. The van der Waals surface area contributed by atoms with Gasteiger partial charge in [-0.3, -0.25) is 9.78 Å². The van der Waals surface area contributed by atoms with Gasteiger partial charge in [0.05, 0.1) is 24.0 Å². The minimum absolute atomic E-state index is 0.196. The average molecular weight is 412 g/mol. The van der Waals surface area contributed by atoms with Crippen molar-refractivity contribution in [1.29, 1.82) is 0 Å². The lowest BCUT2D eigenvalue weighted by Crippen LogP contribution is -2.17. The molecule has 3 heterocycles. The molecule has 1 atom stereocenters. The Kier molecular flexibility index (Phi) is 4.83. The van der Waals surface area contributed by atoms with Crippen LogP contribution in [-0.4, -0.2) is 41.1 Å². The number of nitrogens with one attached hydrogen (secondary N) is 1. The summed E-state index contributed by atoms with van der Waals surface area (Å²) in [6.07, 6.45) is 2.11. The Balaban J connectivity index is 1.70. The molecule has 0 spiro atoms. The third-order valence-electron chi connectivity index (χ3n) is 4.37. The molecular weight excluding hydrogens is 398 g/mol. The molecule has 10 heteroatoms. The summed E-state index contributed by atoms with van der Waals surface area (Å²) in [4.78, 5) is 30.0.